The van der Waals surface area contributed by atoms with Crippen molar-refractivity contribution in [1.82, 2.24) is 9.80 Å². The number of carbonyl (C=O) groups excluding carboxylic acids is 3. The molecule has 1 aliphatic heterocycles. The van der Waals surface area contributed by atoms with Crippen molar-refractivity contribution in [2.24, 2.45) is 5.92 Å². The molecule has 2 heterocycles. The molecular formula is C21H22F2N2O4S. The van der Waals surface area contributed by atoms with E-state index < -0.39 is 29.4 Å². The normalized spacial score (nSPS) is 14.4. The van der Waals surface area contributed by atoms with Crippen LogP contribution in [-0.4, -0.2) is 54.3 Å². The lowest BCUT2D eigenvalue weighted by Gasteiger charge is -2.31. The van der Waals surface area contributed by atoms with Crippen LogP contribution in [0.15, 0.2) is 35.0 Å². The molecule has 0 spiro atoms. The summed E-state index contributed by atoms with van der Waals surface area (Å²) in [7, 11) is 1.65. The van der Waals surface area contributed by atoms with Crippen LogP contribution in [0, 0.1) is 17.6 Å². The predicted molar refractivity (Wildman–Crippen MR) is 107 cm³/mol. The van der Waals surface area contributed by atoms with Crippen LogP contribution in [0.2, 0.25) is 0 Å². The lowest BCUT2D eigenvalue weighted by Crippen LogP contribution is -2.41. The molecule has 2 amide bonds. The number of ether oxygens (including phenoxy) is 1. The summed E-state index contributed by atoms with van der Waals surface area (Å²) in [4.78, 5) is 39.8. The fourth-order valence-corrected chi connectivity index (χ4v) is 3.92. The van der Waals surface area contributed by atoms with Gasteiger partial charge in [0.05, 0.1) is 11.5 Å². The number of nitrogens with zero attached hydrogens (tertiary/aromatic N) is 2. The molecule has 1 aromatic carbocycles. The number of hydrogen-bond donors (Lipinski definition) is 0. The standard InChI is InChI=1S/C21H22F2N2O4S/c1-24(11-14-6-9-30-13-14)19(26)12-29-21(28)15-4-7-25(8-5-15)20(27)17-3-2-16(22)10-18(17)23/h2-3,6,9-10,13,15H,4-5,7-8,11-12H2,1H3. The van der Waals surface area contributed by atoms with Gasteiger partial charge in [0.25, 0.3) is 11.8 Å². The first kappa shape index (κ1) is 21.9. The average molecular weight is 436 g/mol. The van der Waals surface area contributed by atoms with Gasteiger partial charge in [0.2, 0.25) is 0 Å². The summed E-state index contributed by atoms with van der Waals surface area (Å²) in [5.41, 5.74) is 0.813. The van der Waals surface area contributed by atoms with Crippen LogP contribution in [0.3, 0.4) is 0 Å². The van der Waals surface area contributed by atoms with Gasteiger partial charge in [-0.05, 0) is 47.4 Å². The molecule has 0 N–H and O–H groups in total. The molecule has 30 heavy (non-hydrogen) atoms. The fourth-order valence-electron chi connectivity index (χ4n) is 3.26. The molecule has 0 saturated carbocycles. The Hall–Kier alpha value is -2.81. The van der Waals surface area contributed by atoms with Gasteiger partial charge < -0.3 is 14.5 Å². The van der Waals surface area contributed by atoms with Gasteiger partial charge in [0, 0.05) is 32.7 Å². The largest absolute Gasteiger partial charge is 0.455 e. The van der Waals surface area contributed by atoms with E-state index in [9.17, 15) is 23.2 Å². The number of likely N-dealkylation sites (tertiary alicyclic amines) is 1. The fraction of sp³-hybridized carbons (Fsp3) is 0.381. The second kappa shape index (κ2) is 9.80. The molecule has 2 aromatic rings. The zero-order valence-corrected chi connectivity index (χ0v) is 17.3. The molecule has 1 aliphatic rings. The lowest BCUT2D eigenvalue weighted by atomic mass is 9.96. The van der Waals surface area contributed by atoms with Crippen molar-refractivity contribution >= 4 is 29.1 Å². The molecular weight excluding hydrogens is 414 g/mol. The van der Waals surface area contributed by atoms with E-state index in [-0.39, 0.29) is 31.2 Å². The van der Waals surface area contributed by atoms with Gasteiger partial charge in [-0.15, -0.1) is 0 Å². The van der Waals surface area contributed by atoms with Gasteiger partial charge in [-0.1, -0.05) is 0 Å². The van der Waals surface area contributed by atoms with Gasteiger partial charge in [0.1, 0.15) is 11.6 Å². The number of carbonyl (C=O) groups is 3. The van der Waals surface area contributed by atoms with Crippen LogP contribution in [0.5, 0.6) is 0 Å². The third-order valence-corrected chi connectivity index (χ3v) is 5.77. The van der Waals surface area contributed by atoms with Gasteiger partial charge in [0.15, 0.2) is 6.61 Å². The van der Waals surface area contributed by atoms with E-state index in [0.717, 1.165) is 17.7 Å². The van der Waals surface area contributed by atoms with E-state index in [2.05, 4.69) is 0 Å². The Morgan fingerprint density at radius 1 is 1.20 bits per heavy atom. The summed E-state index contributed by atoms with van der Waals surface area (Å²) in [5, 5.41) is 3.87. The van der Waals surface area contributed by atoms with Gasteiger partial charge in [-0.3, -0.25) is 14.4 Å². The van der Waals surface area contributed by atoms with Crippen molar-refractivity contribution in [2.75, 3.05) is 26.7 Å². The first-order valence-electron chi connectivity index (χ1n) is 9.51. The number of hydrogen-bond acceptors (Lipinski definition) is 5. The molecule has 0 radical (unpaired) electrons. The topological polar surface area (TPSA) is 66.9 Å². The van der Waals surface area contributed by atoms with E-state index in [0.29, 0.717) is 25.5 Å². The lowest BCUT2D eigenvalue weighted by molar-refractivity contribution is -0.156. The van der Waals surface area contributed by atoms with Crippen molar-refractivity contribution in [2.45, 2.75) is 19.4 Å². The minimum atomic E-state index is -0.911. The molecule has 1 saturated heterocycles. The van der Waals surface area contributed by atoms with Crippen molar-refractivity contribution < 1.29 is 27.9 Å². The first-order chi connectivity index (χ1) is 14.3. The second-order valence-electron chi connectivity index (χ2n) is 7.18. The van der Waals surface area contributed by atoms with Crippen molar-refractivity contribution in [3.8, 4) is 0 Å². The first-order valence-corrected chi connectivity index (χ1v) is 10.5. The minimum Gasteiger partial charge on any atom is -0.455 e. The molecule has 0 atom stereocenters. The molecule has 3 rings (SSSR count). The second-order valence-corrected chi connectivity index (χ2v) is 7.96. The highest BCUT2D eigenvalue weighted by Gasteiger charge is 2.30. The Morgan fingerprint density at radius 2 is 1.93 bits per heavy atom. The summed E-state index contributed by atoms with van der Waals surface area (Å²) >= 11 is 1.54. The van der Waals surface area contributed by atoms with Crippen molar-refractivity contribution in [1.29, 1.82) is 0 Å². The molecule has 1 fully saturated rings. The van der Waals surface area contributed by atoms with Crippen LogP contribution in [0.25, 0.3) is 0 Å². The third-order valence-electron chi connectivity index (χ3n) is 5.04. The van der Waals surface area contributed by atoms with Gasteiger partial charge in [-0.2, -0.15) is 11.3 Å². The Bertz CT molecular complexity index is 912. The number of rotatable bonds is 6. The maximum Gasteiger partial charge on any atom is 0.309 e. The van der Waals surface area contributed by atoms with Crippen LogP contribution in [0.1, 0.15) is 28.8 Å². The predicted octanol–water partition coefficient (Wildman–Crippen LogP) is 3.08. The average Bonchev–Trinajstić information content (AvgIpc) is 3.24. The summed E-state index contributed by atoms with van der Waals surface area (Å²) in [6, 6.07) is 4.75. The minimum absolute atomic E-state index is 0.198. The zero-order chi connectivity index (χ0) is 21.7. The smallest absolute Gasteiger partial charge is 0.309 e. The summed E-state index contributed by atoms with van der Waals surface area (Å²) in [6.07, 6.45) is 0.707. The molecule has 0 unspecified atom stereocenters. The SMILES string of the molecule is CN(Cc1ccsc1)C(=O)COC(=O)C1CCN(C(=O)c2ccc(F)cc2F)CC1. The van der Waals surface area contributed by atoms with E-state index in [1.165, 1.54) is 9.80 Å². The zero-order valence-electron chi connectivity index (χ0n) is 16.5. The summed E-state index contributed by atoms with van der Waals surface area (Å²) in [5.74, 6) is -3.40. The van der Waals surface area contributed by atoms with Crippen LogP contribution in [0.4, 0.5) is 8.78 Å². The summed E-state index contributed by atoms with van der Waals surface area (Å²) in [6.45, 7) is 0.614. The van der Waals surface area contributed by atoms with Crippen molar-refractivity contribution in [3.63, 3.8) is 0 Å². The van der Waals surface area contributed by atoms with Crippen LogP contribution < -0.4 is 0 Å². The number of benzene rings is 1. The maximum absolute atomic E-state index is 13.8. The van der Waals surface area contributed by atoms with Crippen molar-refractivity contribution in [3.05, 3.63) is 57.8 Å². The highest BCUT2D eigenvalue weighted by molar-refractivity contribution is 7.07. The van der Waals surface area contributed by atoms with E-state index in [1.807, 2.05) is 16.8 Å². The molecule has 1 aromatic heterocycles. The number of amides is 2. The van der Waals surface area contributed by atoms with Gasteiger partial charge in [-0.25, -0.2) is 8.78 Å². The summed E-state index contributed by atoms with van der Waals surface area (Å²) < 4.78 is 32.0. The number of piperidine rings is 1. The number of esters is 1. The molecule has 0 aliphatic carbocycles. The Balaban J connectivity index is 1.44. The number of halogens is 2. The Morgan fingerprint density at radius 3 is 2.57 bits per heavy atom. The maximum atomic E-state index is 13.8. The molecule has 6 nitrogen and oxygen atoms in total. The molecule has 0 bridgehead atoms. The number of likely N-dealkylation sites (N-methyl/N-ethyl adjacent to an activating group) is 1. The quantitative estimate of drug-likeness (QED) is 0.653. The van der Waals surface area contributed by atoms with Gasteiger partial charge >= 0.3 is 5.97 Å². The molecule has 9 heteroatoms. The van der Waals surface area contributed by atoms with Crippen LogP contribution in [-0.2, 0) is 20.9 Å². The highest BCUT2D eigenvalue weighted by atomic mass is 32.1. The highest BCUT2D eigenvalue weighted by Crippen LogP contribution is 2.21. The Kier molecular flexibility index (Phi) is 7.15. The van der Waals surface area contributed by atoms with E-state index >= 15 is 0 Å². The molecule has 160 valence electrons. The monoisotopic (exact) mass is 436 g/mol. The van der Waals surface area contributed by atoms with E-state index in [4.69, 9.17) is 4.74 Å². The third kappa shape index (κ3) is 5.41. The Labute approximate surface area is 177 Å². The van der Waals surface area contributed by atoms with Crippen LogP contribution >= 0.6 is 11.3 Å². The number of thiophene rings is 1. The van der Waals surface area contributed by atoms with E-state index in [1.54, 1.807) is 18.4 Å².